The monoisotopic (exact) mass is 375 g/mol. The molecule has 0 amide bonds. The zero-order valence-corrected chi connectivity index (χ0v) is 14.7. The third kappa shape index (κ3) is 3.77. The van der Waals surface area contributed by atoms with Gasteiger partial charge in [0.25, 0.3) is 0 Å². The first-order valence-electron chi connectivity index (χ1n) is 7.62. The summed E-state index contributed by atoms with van der Waals surface area (Å²) in [6.45, 7) is 6.49. The molecule has 1 aliphatic heterocycles. The van der Waals surface area contributed by atoms with E-state index in [1.165, 1.54) is 5.56 Å². The van der Waals surface area contributed by atoms with E-state index in [9.17, 15) is 10.2 Å². The van der Waals surface area contributed by atoms with E-state index in [1.54, 1.807) is 12.1 Å². The van der Waals surface area contributed by atoms with Gasteiger partial charge in [0.2, 0.25) is 0 Å². The number of nitrogens with zero attached hydrogens (tertiary/aromatic N) is 1. The van der Waals surface area contributed by atoms with Crippen LogP contribution in [0.1, 0.15) is 22.6 Å². The highest BCUT2D eigenvalue weighted by Crippen LogP contribution is 2.37. The standard InChI is InChI=1S/C19H21NO2.BrH/c1-2-9-20-10-8-15-11-18(21)19(22)12-16(15)17(13-20)14-6-4-3-5-7-14;/h2-7,11-12,17,21-22H,1,8-10,13H2;1H. The number of hydrogen-bond donors (Lipinski definition) is 2. The highest BCUT2D eigenvalue weighted by molar-refractivity contribution is 8.93. The van der Waals surface area contributed by atoms with Crippen LogP contribution in [0.3, 0.4) is 0 Å². The Morgan fingerprint density at radius 3 is 2.52 bits per heavy atom. The fraction of sp³-hybridized carbons (Fsp3) is 0.263. The lowest BCUT2D eigenvalue weighted by atomic mass is 9.87. The van der Waals surface area contributed by atoms with Gasteiger partial charge in [0.05, 0.1) is 0 Å². The van der Waals surface area contributed by atoms with E-state index in [4.69, 9.17) is 0 Å². The van der Waals surface area contributed by atoms with Gasteiger partial charge >= 0.3 is 0 Å². The molecule has 4 heteroatoms. The minimum absolute atomic E-state index is 0. The van der Waals surface area contributed by atoms with Crippen LogP contribution in [-0.4, -0.2) is 34.7 Å². The summed E-state index contributed by atoms with van der Waals surface area (Å²) in [5.41, 5.74) is 3.44. The maximum absolute atomic E-state index is 9.92. The largest absolute Gasteiger partial charge is 0.504 e. The molecular weight excluding hydrogens is 354 g/mol. The molecular formula is C19H22BrNO2. The molecule has 1 atom stereocenters. The predicted molar refractivity (Wildman–Crippen MR) is 98.7 cm³/mol. The van der Waals surface area contributed by atoms with Crippen LogP contribution in [-0.2, 0) is 6.42 Å². The third-order valence-corrected chi connectivity index (χ3v) is 4.34. The lowest BCUT2D eigenvalue weighted by Gasteiger charge is -2.24. The van der Waals surface area contributed by atoms with Crippen molar-refractivity contribution in [1.29, 1.82) is 0 Å². The normalized spacial score (nSPS) is 17.7. The average molecular weight is 376 g/mol. The highest BCUT2D eigenvalue weighted by Gasteiger charge is 2.25. The Bertz CT molecular complexity index is 673. The van der Waals surface area contributed by atoms with E-state index in [2.05, 4.69) is 23.6 Å². The minimum atomic E-state index is -0.0446. The van der Waals surface area contributed by atoms with E-state index in [0.29, 0.717) is 0 Å². The van der Waals surface area contributed by atoms with Gasteiger partial charge in [-0.2, -0.15) is 0 Å². The van der Waals surface area contributed by atoms with Gasteiger partial charge in [-0.3, -0.25) is 4.90 Å². The molecule has 0 aliphatic carbocycles. The zero-order valence-electron chi connectivity index (χ0n) is 13.0. The molecule has 1 unspecified atom stereocenters. The molecule has 0 aromatic heterocycles. The number of rotatable bonds is 3. The van der Waals surface area contributed by atoms with Crippen molar-refractivity contribution < 1.29 is 10.2 Å². The molecule has 122 valence electrons. The predicted octanol–water partition coefficient (Wildman–Crippen LogP) is 3.85. The van der Waals surface area contributed by atoms with Gasteiger partial charge in [0.1, 0.15) is 0 Å². The summed E-state index contributed by atoms with van der Waals surface area (Å²) in [6.07, 6.45) is 2.79. The van der Waals surface area contributed by atoms with Crippen molar-refractivity contribution in [3.8, 4) is 11.5 Å². The SMILES string of the molecule is Br.C=CCN1CCc2cc(O)c(O)cc2C(c2ccccc2)C1. The number of phenols is 2. The summed E-state index contributed by atoms with van der Waals surface area (Å²) in [5, 5.41) is 19.7. The van der Waals surface area contributed by atoms with Crippen molar-refractivity contribution in [3.63, 3.8) is 0 Å². The molecule has 0 bridgehead atoms. The summed E-state index contributed by atoms with van der Waals surface area (Å²) in [6, 6.07) is 13.8. The Balaban J connectivity index is 0.00000192. The number of benzene rings is 2. The molecule has 2 N–H and O–H groups in total. The molecule has 0 spiro atoms. The zero-order chi connectivity index (χ0) is 15.5. The van der Waals surface area contributed by atoms with Gasteiger partial charge in [0, 0.05) is 25.6 Å². The van der Waals surface area contributed by atoms with Crippen molar-refractivity contribution in [3.05, 3.63) is 71.8 Å². The average Bonchev–Trinajstić information content (AvgIpc) is 2.70. The van der Waals surface area contributed by atoms with Crippen LogP contribution in [0.4, 0.5) is 0 Å². The van der Waals surface area contributed by atoms with Crippen molar-refractivity contribution in [2.75, 3.05) is 19.6 Å². The smallest absolute Gasteiger partial charge is 0.157 e. The first-order valence-corrected chi connectivity index (χ1v) is 7.62. The molecule has 2 aromatic carbocycles. The van der Waals surface area contributed by atoms with Gasteiger partial charge in [0.15, 0.2) is 11.5 Å². The molecule has 0 fully saturated rings. The van der Waals surface area contributed by atoms with Crippen LogP contribution in [0, 0.1) is 0 Å². The number of phenolic OH excluding ortho intramolecular Hbond substituents is 2. The Morgan fingerprint density at radius 1 is 1.13 bits per heavy atom. The minimum Gasteiger partial charge on any atom is -0.504 e. The van der Waals surface area contributed by atoms with E-state index in [0.717, 1.165) is 37.2 Å². The number of halogens is 1. The summed E-state index contributed by atoms with van der Waals surface area (Å²) in [7, 11) is 0. The molecule has 0 saturated carbocycles. The van der Waals surface area contributed by atoms with Gasteiger partial charge < -0.3 is 10.2 Å². The fourth-order valence-electron chi connectivity index (χ4n) is 3.22. The number of fused-ring (bicyclic) bond motifs is 1. The van der Waals surface area contributed by atoms with Crippen molar-refractivity contribution >= 4 is 17.0 Å². The van der Waals surface area contributed by atoms with Gasteiger partial charge in [-0.25, -0.2) is 0 Å². The fourth-order valence-corrected chi connectivity index (χ4v) is 3.22. The van der Waals surface area contributed by atoms with E-state index >= 15 is 0 Å². The van der Waals surface area contributed by atoms with E-state index < -0.39 is 0 Å². The van der Waals surface area contributed by atoms with E-state index in [-0.39, 0.29) is 34.4 Å². The second-order valence-corrected chi connectivity index (χ2v) is 5.80. The number of hydrogen-bond acceptors (Lipinski definition) is 3. The summed E-state index contributed by atoms with van der Waals surface area (Å²) < 4.78 is 0. The van der Waals surface area contributed by atoms with Crippen molar-refractivity contribution in [1.82, 2.24) is 4.90 Å². The quantitative estimate of drug-likeness (QED) is 0.632. The van der Waals surface area contributed by atoms with Gasteiger partial charge in [-0.15, -0.1) is 23.6 Å². The highest BCUT2D eigenvalue weighted by atomic mass is 79.9. The second-order valence-electron chi connectivity index (χ2n) is 5.80. The molecule has 1 heterocycles. The molecule has 3 nitrogen and oxygen atoms in total. The van der Waals surface area contributed by atoms with Gasteiger partial charge in [-0.05, 0) is 35.2 Å². The van der Waals surface area contributed by atoms with Crippen molar-refractivity contribution in [2.45, 2.75) is 12.3 Å². The molecule has 23 heavy (non-hydrogen) atoms. The Hall–Kier alpha value is -1.78. The van der Waals surface area contributed by atoms with Gasteiger partial charge in [-0.1, -0.05) is 36.4 Å². The van der Waals surface area contributed by atoms with Crippen LogP contribution >= 0.6 is 17.0 Å². The maximum atomic E-state index is 9.92. The van der Waals surface area contributed by atoms with Crippen LogP contribution in [0.25, 0.3) is 0 Å². The van der Waals surface area contributed by atoms with Crippen LogP contribution in [0.5, 0.6) is 11.5 Å². The third-order valence-electron chi connectivity index (χ3n) is 4.34. The topological polar surface area (TPSA) is 43.7 Å². The molecule has 0 radical (unpaired) electrons. The first-order chi connectivity index (χ1) is 10.7. The molecule has 0 saturated heterocycles. The lowest BCUT2D eigenvalue weighted by molar-refractivity contribution is 0.306. The Labute approximate surface area is 147 Å². The van der Waals surface area contributed by atoms with Crippen molar-refractivity contribution in [2.24, 2.45) is 0 Å². The molecule has 1 aliphatic rings. The Morgan fingerprint density at radius 2 is 1.83 bits per heavy atom. The lowest BCUT2D eigenvalue weighted by Crippen LogP contribution is -2.28. The summed E-state index contributed by atoms with van der Waals surface area (Å²) in [4.78, 5) is 2.36. The molecule has 3 rings (SSSR count). The first kappa shape index (κ1) is 17.6. The van der Waals surface area contributed by atoms with Crippen LogP contribution < -0.4 is 0 Å². The Kier molecular flexibility index (Phi) is 5.85. The maximum Gasteiger partial charge on any atom is 0.157 e. The molecule has 2 aromatic rings. The summed E-state index contributed by atoms with van der Waals surface area (Å²) in [5.74, 6) is 0.102. The number of aromatic hydroxyl groups is 2. The second kappa shape index (κ2) is 7.66. The van der Waals surface area contributed by atoms with E-state index in [1.807, 2.05) is 24.3 Å². The van der Waals surface area contributed by atoms with Crippen LogP contribution in [0.2, 0.25) is 0 Å². The summed E-state index contributed by atoms with van der Waals surface area (Å²) >= 11 is 0. The van der Waals surface area contributed by atoms with Crippen LogP contribution in [0.15, 0.2) is 55.1 Å².